The van der Waals surface area contributed by atoms with Gasteiger partial charge in [-0.05, 0) is 38.0 Å². The van der Waals surface area contributed by atoms with Gasteiger partial charge in [0.25, 0.3) is 0 Å². The van der Waals surface area contributed by atoms with Crippen LogP contribution in [-0.2, 0) is 9.53 Å². The normalized spacial score (nSPS) is 15.6. The minimum atomic E-state index is -0.436. The molecule has 0 spiro atoms. The number of amides is 1. The van der Waals surface area contributed by atoms with Crippen molar-refractivity contribution in [3.63, 3.8) is 0 Å². The second-order valence-corrected chi connectivity index (χ2v) is 5.19. The summed E-state index contributed by atoms with van der Waals surface area (Å²) in [7, 11) is 1.32. The maximum Gasteiger partial charge on any atom is 0.337 e. The molecule has 1 aliphatic heterocycles. The average molecular weight is 291 g/mol. The molecule has 1 aromatic carbocycles. The molecule has 1 heterocycles. The first kappa shape index (κ1) is 15.2. The number of esters is 1. The van der Waals surface area contributed by atoms with Crippen molar-refractivity contribution in [3.8, 4) is 0 Å². The highest BCUT2D eigenvalue weighted by Crippen LogP contribution is 2.22. The van der Waals surface area contributed by atoms with E-state index in [1.807, 2.05) is 11.8 Å². The van der Waals surface area contributed by atoms with E-state index in [2.05, 4.69) is 10.1 Å². The fourth-order valence-corrected chi connectivity index (χ4v) is 2.45. The van der Waals surface area contributed by atoms with E-state index in [4.69, 9.17) is 5.73 Å². The Labute approximate surface area is 124 Å². The third-order valence-corrected chi connectivity index (χ3v) is 3.63. The van der Waals surface area contributed by atoms with E-state index in [9.17, 15) is 9.59 Å². The highest BCUT2D eigenvalue weighted by atomic mass is 16.5. The van der Waals surface area contributed by atoms with Gasteiger partial charge in [0.1, 0.15) is 6.04 Å². The van der Waals surface area contributed by atoms with Crippen LogP contribution in [0.1, 0.15) is 30.1 Å². The molecule has 0 aliphatic carbocycles. The molecule has 1 saturated heterocycles. The third-order valence-electron chi connectivity index (χ3n) is 3.63. The van der Waals surface area contributed by atoms with Crippen LogP contribution in [0.5, 0.6) is 0 Å². The number of nitrogens with two attached hydrogens (primary N) is 1. The highest BCUT2D eigenvalue weighted by molar-refractivity contribution is 5.92. The van der Waals surface area contributed by atoms with Gasteiger partial charge in [0.2, 0.25) is 5.91 Å². The monoisotopic (exact) mass is 291 g/mol. The molecule has 1 aromatic rings. The fraction of sp³-hybridized carbons (Fsp3) is 0.467. The molecule has 0 radical (unpaired) electrons. The van der Waals surface area contributed by atoms with Gasteiger partial charge in [-0.2, -0.15) is 0 Å². The maximum absolute atomic E-state index is 12.2. The molecule has 0 bridgehead atoms. The Hall–Kier alpha value is -2.24. The van der Waals surface area contributed by atoms with Crippen LogP contribution in [0, 0.1) is 0 Å². The predicted molar refractivity (Wildman–Crippen MR) is 81.1 cm³/mol. The van der Waals surface area contributed by atoms with Crippen LogP contribution in [-0.4, -0.2) is 43.0 Å². The number of nitrogens with zero attached hydrogens (tertiary/aromatic N) is 1. The zero-order valence-electron chi connectivity index (χ0n) is 12.4. The Balaban J connectivity index is 2.05. The summed E-state index contributed by atoms with van der Waals surface area (Å²) >= 11 is 0. The summed E-state index contributed by atoms with van der Waals surface area (Å²) in [6.07, 6.45) is 2.13. The van der Waals surface area contributed by atoms with Crippen LogP contribution >= 0.6 is 0 Å². The van der Waals surface area contributed by atoms with Crippen LogP contribution in [0.4, 0.5) is 11.4 Å². The molecular formula is C15H21N3O3. The predicted octanol–water partition coefficient (Wildman–Crippen LogP) is 1.48. The standard InChI is InChI=1S/C15H21N3O3/c1-10(14(19)18-7-3-4-8-18)17-13-6-5-11(9-12(13)16)15(20)21-2/h5-6,9-10,17H,3-4,7-8,16H2,1-2H3. The first-order valence-electron chi connectivity index (χ1n) is 7.06. The number of ether oxygens (including phenoxy) is 1. The number of nitrogen functional groups attached to an aromatic ring is 1. The van der Waals surface area contributed by atoms with Gasteiger partial charge >= 0.3 is 5.97 Å². The lowest BCUT2D eigenvalue weighted by molar-refractivity contribution is -0.130. The molecule has 0 saturated carbocycles. The summed E-state index contributed by atoms with van der Waals surface area (Å²) < 4.78 is 4.64. The minimum absolute atomic E-state index is 0.0731. The molecule has 0 aromatic heterocycles. The highest BCUT2D eigenvalue weighted by Gasteiger charge is 2.23. The second-order valence-electron chi connectivity index (χ2n) is 5.19. The van der Waals surface area contributed by atoms with Crippen LogP contribution < -0.4 is 11.1 Å². The van der Waals surface area contributed by atoms with Gasteiger partial charge in [-0.1, -0.05) is 0 Å². The SMILES string of the molecule is COC(=O)c1ccc(NC(C)C(=O)N2CCCC2)c(N)c1. The number of carbonyl (C=O) groups excluding carboxylic acids is 2. The molecule has 1 aliphatic rings. The summed E-state index contributed by atoms with van der Waals surface area (Å²) in [6, 6.07) is 4.50. The molecule has 21 heavy (non-hydrogen) atoms. The van der Waals surface area contributed by atoms with Crippen molar-refractivity contribution in [3.05, 3.63) is 23.8 Å². The van der Waals surface area contributed by atoms with E-state index in [0.717, 1.165) is 25.9 Å². The molecule has 1 fully saturated rings. The molecule has 1 unspecified atom stereocenters. The summed E-state index contributed by atoms with van der Waals surface area (Å²) in [6.45, 7) is 3.46. The smallest absolute Gasteiger partial charge is 0.337 e. The van der Waals surface area contributed by atoms with Crippen molar-refractivity contribution in [2.45, 2.75) is 25.8 Å². The van der Waals surface area contributed by atoms with Gasteiger partial charge in [-0.3, -0.25) is 4.79 Å². The van der Waals surface area contributed by atoms with Crippen molar-refractivity contribution >= 4 is 23.3 Å². The molecule has 6 heteroatoms. The molecule has 1 atom stereocenters. The number of rotatable bonds is 4. The number of methoxy groups -OCH3 is 1. The number of hydrogen-bond donors (Lipinski definition) is 2. The number of carbonyl (C=O) groups is 2. The zero-order valence-corrected chi connectivity index (χ0v) is 12.4. The Kier molecular flexibility index (Phi) is 4.67. The van der Waals surface area contributed by atoms with Gasteiger partial charge in [0.05, 0.1) is 24.0 Å². The average Bonchev–Trinajstić information content (AvgIpc) is 3.01. The van der Waals surface area contributed by atoms with E-state index >= 15 is 0 Å². The number of benzene rings is 1. The van der Waals surface area contributed by atoms with Gasteiger partial charge in [0.15, 0.2) is 0 Å². The van der Waals surface area contributed by atoms with E-state index in [1.165, 1.54) is 7.11 Å². The minimum Gasteiger partial charge on any atom is -0.465 e. The largest absolute Gasteiger partial charge is 0.465 e. The molecule has 1 amide bonds. The summed E-state index contributed by atoms with van der Waals surface area (Å²) in [5, 5.41) is 3.10. The lowest BCUT2D eigenvalue weighted by atomic mass is 10.1. The number of likely N-dealkylation sites (tertiary alicyclic amines) is 1. The second kappa shape index (κ2) is 6.47. The summed E-state index contributed by atoms with van der Waals surface area (Å²) in [4.78, 5) is 25.5. The lowest BCUT2D eigenvalue weighted by Crippen LogP contribution is -2.39. The van der Waals surface area contributed by atoms with Crippen molar-refractivity contribution in [2.75, 3.05) is 31.2 Å². The lowest BCUT2D eigenvalue weighted by Gasteiger charge is -2.22. The molecule has 114 valence electrons. The van der Waals surface area contributed by atoms with E-state index in [1.54, 1.807) is 18.2 Å². The van der Waals surface area contributed by atoms with Crippen molar-refractivity contribution in [1.29, 1.82) is 0 Å². The van der Waals surface area contributed by atoms with E-state index in [0.29, 0.717) is 16.9 Å². The van der Waals surface area contributed by atoms with Crippen LogP contribution in [0.3, 0.4) is 0 Å². The molecule has 2 rings (SSSR count). The first-order valence-corrected chi connectivity index (χ1v) is 7.06. The summed E-state index contributed by atoms with van der Waals surface area (Å²) in [5.74, 6) is -0.363. The molecule has 6 nitrogen and oxygen atoms in total. The Morgan fingerprint density at radius 2 is 2.00 bits per heavy atom. The van der Waals surface area contributed by atoms with Crippen molar-refractivity contribution < 1.29 is 14.3 Å². The third kappa shape index (κ3) is 3.45. The first-order chi connectivity index (χ1) is 10.0. The van der Waals surface area contributed by atoms with Crippen LogP contribution in [0.15, 0.2) is 18.2 Å². The Morgan fingerprint density at radius 1 is 1.33 bits per heavy atom. The summed E-state index contributed by atoms with van der Waals surface area (Å²) in [5.41, 5.74) is 7.37. The molecule has 3 N–H and O–H groups in total. The van der Waals surface area contributed by atoms with Crippen molar-refractivity contribution in [1.82, 2.24) is 4.90 Å². The number of hydrogen-bond acceptors (Lipinski definition) is 5. The van der Waals surface area contributed by atoms with E-state index < -0.39 is 5.97 Å². The number of nitrogens with one attached hydrogen (secondary N) is 1. The topological polar surface area (TPSA) is 84.7 Å². The van der Waals surface area contributed by atoms with Crippen LogP contribution in [0.2, 0.25) is 0 Å². The van der Waals surface area contributed by atoms with Crippen molar-refractivity contribution in [2.24, 2.45) is 0 Å². The van der Waals surface area contributed by atoms with Gasteiger partial charge in [0, 0.05) is 13.1 Å². The quantitative estimate of drug-likeness (QED) is 0.648. The number of anilines is 2. The Morgan fingerprint density at radius 3 is 2.57 bits per heavy atom. The van der Waals surface area contributed by atoms with Gasteiger partial charge in [-0.15, -0.1) is 0 Å². The van der Waals surface area contributed by atoms with Gasteiger partial charge < -0.3 is 20.7 Å². The fourth-order valence-electron chi connectivity index (χ4n) is 2.45. The van der Waals surface area contributed by atoms with E-state index in [-0.39, 0.29) is 11.9 Å². The van der Waals surface area contributed by atoms with Crippen LogP contribution in [0.25, 0.3) is 0 Å². The molecular weight excluding hydrogens is 270 g/mol. The zero-order chi connectivity index (χ0) is 15.4. The Bertz CT molecular complexity index is 539. The maximum atomic E-state index is 12.2. The van der Waals surface area contributed by atoms with Gasteiger partial charge in [-0.25, -0.2) is 4.79 Å².